The van der Waals surface area contributed by atoms with Crippen molar-refractivity contribution in [1.82, 2.24) is 24.1 Å². The highest BCUT2D eigenvalue weighted by Gasteiger charge is 2.19. The van der Waals surface area contributed by atoms with E-state index in [0.717, 1.165) is 32.5 Å². The van der Waals surface area contributed by atoms with Gasteiger partial charge < -0.3 is 4.42 Å². The van der Waals surface area contributed by atoms with Crippen molar-refractivity contribution in [3.63, 3.8) is 0 Å². The zero-order valence-corrected chi connectivity index (χ0v) is 17.1. The van der Waals surface area contributed by atoms with Gasteiger partial charge in [-0.1, -0.05) is 37.6 Å². The summed E-state index contributed by atoms with van der Waals surface area (Å²) in [5, 5.41) is 10.2. The number of nitrogens with zero attached hydrogens (tertiary/aromatic N) is 5. The number of hydrogen-bond acceptors (Lipinski definition) is 7. The summed E-state index contributed by atoms with van der Waals surface area (Å²) in [5.41, 5.74) is 0.897. The topological polar surface area (TPSA) is 69.6 Å². The lowest BCUT2D eigenvalue weighted by Crippen LogP contribution is -2.03. The lowest BCUT2D eigenvalue weighted by atomic mass is 10.2. The molecule has 0 bridgehead atoms. The van der Waals surface area contributed by atoms with Gasteiger partial charge in [0.05, 0.1) is 12.8 Å². The molecule has 0 saturated carbocycles. The molecule has 27 heavy (non-hydrogen) atoms. The van der Waals surface area contributed by atoms with Crippen molar-refractivity contribution in [3.8, 4) is 11.4 Å². The van der Waals surface area contributed by atoms with E-state index in [1.165, 1.54) is 23.3 Å². The summed E-state index contributed by atoms with van der Waals surface area (Å²) in [7, 11) is 0. The average Bonchev–Trinajstić information content (AvgIpc) is 3.38. The summed E-state index contributed by atoms with van der Waals surface area (Å²) in [6.07, 6.45) is 1.66. The summed E-state index contributed by atoms with van der Waals surface area (Å²) in [6.45, 7) is 4.67. The largest absolute Gasteiger partial charge is 0.467 e. The van der Waals surface area contributed by atoms with Crippen LogP contribution in [0, 0.1) is 0 Å². The van der Waals surface area contributed by atoms with Gasteiger partial charge in [-0.3, -0.25) is 4.57 Å². The lowest BCUT2D eigenvalue weighted by molar-refractivity contribution is 0.485. The third kappa shape index (κ3) is 4.07. The van der Waals surface area contributed by atoms with E-state index in [9.17, 15) is 0 Å². The second-order valence-electron chi connectivity index (χ2n) is 6.16. The number of furan rings is 1. The van der Waals surface area contributed by atoms with Crippen molar-refractivity contribution in [2.75, 3.05) is 0 Å². The van der Waals surface area contributed by atoms with Gasteiger partial charge in [-0.25, -0.2) is 4.98 Å². The zero-order valence-electron chi connectivity index (χ0n) is 14.7. The van der Waals surface area contributed by atoms with E-state index < -0.39 is 0 Å². The van der Waals surface area contributed by atoms with Crippen LogP contribution in [0.3, 0.4) is 0 Å². The second-order valence-corrected chi connectivity index (χ2v) is 8.56. The quantitative estimate of drug-likeness (QED) is 0.420. The van der Waals surface area contributed by atoms with Gasteiger partial charge in [0, 0.05) is 16.5 Å². The van der Waals surface area contributed by atoms with Gasteiger partial charge in [-0.05, 0) is 47.6 Å². The van der Waals surface area contributed by atoms with Crippen LogP contribution in [0.4, 0.5) is 0 Å². The minimum atomic E-state index is 0.290. The molecule has 0 unspecified atom stereocenters. The molecule has 0 radical (unpaired) electrons. The maximum absolute atomic E-state index is 6.16. The van der Waals surface area contributed by atoms with Crippen LogP contribution in [0.25, 0.3) is 11.4 Å². The molecule has 0 aliphatic heterocycles. The maximum Gasteiger partial charge on any atom is 0.199 e. The van der Waals surface area contributed by atoms with Crippen molar-refractivity contribution < 1.29 is 4.42 Å². The molecule has 138 valence electrons. The molecule has 0 amide bonds. The van der Waals surface area contributed by atoms with Crippen molar-refractivity contribution in [2.45, 2.75) is 35.8 Å². The predicted molar refractivity (Wildman–Crippen MR) is 106 cm³/mol. The molecule has 0 aliphatic rings. The fraction of sp³-hybridized carbons (Fsp3) is 0.222. The Labute approximate surface area is 169 Å². The maximum atomic E-state index is 6.16. The highest BCUT2D eigenvalue weighted by atomic mass is 35.5. The molecule has 0 atom stereocenters. The number of benzene rings is 1. The van der Waals surface area contributed by atoms with Crippen LogP contribution in [0.2, 0.25) is 5.02 Å². The first-order chi connectivity index (χ1) is 13.1. The van der Waals surface area contributed by atoms with Crippen LogP contribution in [-0.4, -0.2) is 24.1 Å². The fourth-order valence-electron chi connectivity index (χ4n) is 2.48. The number of aromatic nitrogens is 5. The first-order valence-electron chi connectivity index (χ1n) is 8.33. The van der Waals surface area contributed by atoms with Crippen molar-refractivity contribution in [2.24, 2.45) is 0 Å². The van der Waals surface area contributed by atoms with E-state index in [2.05, 4.69) is 33.4 Å². The van der Waals surface area contributed by atoms with Gasteiger partial charge in [0.25, 0.3) is 0 Å². The summed E-state index contributed by atoms with van der Waals surface area (Å²) in [4.78, 5) is 4.58. The number of hydrogen-bond donors (Lipinski definition) is 0. The Morgan fingerprint density at radius 1 is 1.22 bits per heavy atom. The van der Waals surface area contributed by atoms with Crippen LogP contribution in [0.1, 0.15) is 31.4 Å². The van der Waals surface area contributed by atoms with Gasteiger partial charge in [-0.2, -0.15) is 4.37 Å². The van der Waals surface area contributed by atoms with Crippen LogP contribution < -0.4 is 0 Å². The molecule has 0 aliphatic carbocycles. The number of halogens is 1. The Morgan fingerprint density at radius 2 is 2.11 bits per heavy atom. The van der Waals surface area contributed by atoms with E-state index in [-0.39, 0.29) is 0 Å². The van der Waals surface area contributed by atoms with E-state index in [1.807, 2.05) is 41.0 Å². The lowest BCUT2D eigenvalue weighted by Gasteiger charge is -2.08. The normalized spacial score (nSPS) is 11.4. The minimum Gasteiger partial charge on any atom is -0.467 e. The molecule has 0 fully saturated rings. The molecule has 3 aromatic heterocycles. The van der Waals surface area contributed by atoms with Crippen molar-refractivity contribution in [3.05, 3.63) is 59.3 Å². The number of rotatable bonds is 6. The summed E-state index contributed by atoms with van der Waals surface area (Å²) < 4.78 is 12.8. The highest BCUT2D eigenvalue weighted by molar-refractivity contribution is 8.00. The Bertz CT molecular complexity index is 1040. The molecule has 0 N–H and O–H groups in total. The molecule has 1 aromatic carbocycles. The highest BCUT2D eigenvalue weighted by Crippen LogP contribution is 2.32. The Balaban J connectivity index is 1.72. The third-order valence-corrected chi connectivity index (χ3v) is 5.80. The Morgan fingerprint density at radius 3 is 2.81 bits per heavy atom. The second kappa shape index (κ2) is 7.84. The van der Waals surface area contributed by atoms with Crippen LogP contribution in [-0.2, 0) is 6.54 Å². The van der Waals surface area contributed by atoms with Gasteiger partial charge in [0.1, 0.15) is 11.6 Å². The molecular formula is C18H16ClN5OS2. The Hall–Kier alpha value is -2.16. The van der Waals surface area contributed by atoms with Crippen LogP contribution in [0.15, 0.2) is 56.6 Å². The average molecular weight is 418 g/mol. The fourth-order valence-corrected chi connectivity index (χ4v) is 4.35. The van der Waals surface area contributed by atoms with Gasteiger partial charge in [0.15, 0.2) is 15.3 Å². The van der Waals surface area contributed by atoms with E-state index in [4.69, 9.17) is 16.0 Å². The molecule has 0 saturated heterocycles. The van der Waals surface area contributed by atoms with Crippen molar-refractivity contribution >= 4 is 34.9 Å². The van der Waals surface area contributed by atoms with Gasteiger partial charge >= 0.3 is 0 Å². The summed E-state index contributed by atoms with van der Waals surface area (Å²) in [5.74, 6) is 2.68. The molecule has 6 nitrogen and oxygen atoms in total. The van der Waals surface area contributed by atoms with E-state index in [0.29, 0.717) is 17.5 Å². The smallest absolute Gasteiger partial charge is 0.199 e. The molecule has 4 aromatic rings. The first kappa shape index (κ1) is 18.2. The van der Waals surface area contributed by atoms with Crippen molar-refractivity contribution in [1.29, 1.82) is 0 Å². The molecule has 0 spiro atoms. The predicted octanol–water partition coefficient (Wildman–Crippen LogP) is 5.37. The van der Waals surface area contributed by atoms with E-state index in [1.54, 1.807) is 6.26 Å². The monoisotopic (exact) mass is 417 g/mol. The first-order valence-corrected chi connectivity index (χ1v) is 10.3. The zero-order chi connectivity index (χ0) is 18.8. The van der Waals surface area contributed by atoms with Crippen LogP contribution in [0.5, 0.6) is 0 Å². The van der Waals surface area contributed by atoms with E-state index >= 15 is 0 Å². The molecule has 3 heterocycles. The molecular weight excluding hydrogens is 402 g/mol. The van der Waals surface area contributed by atoms with Gasteiger partial charge in [0.2, 0.25) is 0 Å². The summed E-state index contributed by atoms with van der Waals surface area (Å²) in [6, 6.07) is 11.4. The summed E-state index contributed by atoms with van der Waals surface area (Å²) >= 11 is 8.99. The molecule has 4 rings (SSSR count). The SMILES string of the molecule is CC(C)c1nsc(Sc2nnc(-c3cccc(Cl)c3)n2Cc2ccco2)n1. The van der Waals surface area contributed by atoms with Crippen LogP contribution >= 0.6 is 34.9 Å². The standard InChI is InChI=1S/C18H16ClN5OS2/c1-11(2)15-20-18(27-23-15)26-17-22-21-16(12-5-3-6-13(19)9-12)24(17)10-14-7-4-8-25-14/h3-9,11H,10H2,1-2H3. The Kier molecular flexibility index (Phi) is 5.29. The van der Waals surface area contributed by atoms with Gasteiger partial charge in [-0.15, -0.1) is 10.2 Å². The minimum absolute atomic E-state index is 0.290. The third-order valence-electron chi connectivity index (χ3n) is 3.81. The molecule has 9 heteroatoms.